The van der Waals surface area contributed by atoms with Crippen LogP contribution in [0.5, 0.6) is 0 Å². The van der Waals surface area contributed by atoms with E-state index in [2.05, 4.69) is 48.7 Å². The first-order valence-corrected chi connectivity index (χ1v) is 10.9. The van der Waals surface area contributed by atoms with Crippen LogP contribution in [0.25, 0.3) is 0 Å². The van der Waals surface area contributed by atoms with E-state index in [9.17, 15) is 0 Å². The van der Waals surface area contributed by atoms with Gasteiger partial charge in [0.25, 0.3) is 0 Å². The van der Waals surface area contributed by atoms with Crippen molar-refractivity contribution in [1.82, 2.24) is 9.58 Å². The SMILES string of the molecule is Cc1cc(C2=NN(C)C(=NCc3ccccc3)SC2)c(C)n1C[C@H]1CCCO1. The molecular formula is C22H28N4OS. The third kappa shape index (κ3) is 4.18. The summed E-state index contributed by atoms with van der Waals surface area (Å²) in [5, 5.41) is 7.74. The van der Waals surface area contributed by atoms with Gasteiger partial charge in [0.2, 0.25) is 0 Å². The molecule has 2 aliphatic rings. The van der Waals surface area contributed by atoms with E-state index in [1.54, 1.807) is 11.8 Å². The fourth-order valence-corrected chi connectivity index (χ4v) is 4.73. The van der Waals surface area contributed by atoms with Gasteiger partial charge >= 0.3 is 0 Å². The van der Waals surface area contributed by atoms with Crippen molar-refractivity contribution in [1.29, 1.82) is 0 Å². The molecule has 3 heterocycles. The Kier molecular flexibility index (Phi) is 5.87. The zero-order valence-electron chi connectivity index (χ0n) is 16.9. The zero-order valence-corrected chi connectivity index (χ0v) is 17.7. The molecule has 1 fully saturated rings. The average molecular weight is 397 g/mol. The number of ether oxygens (including phenoxy) is 1. The van der Waals surface area contributed by atoms with Gasteiger partial charge < -0.3 is 9.30 Å². The van der Waals surface area contributed by atoms with Gasteiger partial charge in [-0.05, 0) is 38.3 Å². The molecule has 0 aliphatic carbocycles. The highest BCUT2D eigenvalue weighted by molar-refractivity contribution is 8.14. The summed E-state index contributed by atoms with van der Waals surface area (Å²) in [6.07, 6.45) is 2.68. The smallest absolute Gasteiger partial charge is 0.180 e. The molecule has 0 radical (unpaired) electrons. The maximum Gasteiger partial charge on any atom is 0.180 e. The first-order chi connectivity index (χ1) is 13.6. The van der Waals surface area contributed by atoms with Gasteiger partial charge in [0.05, 0.1) is 18.4 Å². The number of hydrazone groups is 1. The molecule has 0 amide bonds. The van der Waals surface area contributed by atoms with Gasteiger partial charge in [0.15, 0.2) is 5.17 Å². The van der Waals surface area contributed by atoms with Crippen LogP contribution in [0, 0.1) is 13.8 Å². The van der Waals surface area contributed by atoms with Crippen molar-refractivity contribution in [2.75, 3.05) is 19.4 Å². The number of rotatable bonds is 5. The summed E-state index contributed by atoms with van der Waals surface area (Å²) in [5.41, 5.74) is 6.15. The van der Waals surface area contributed by atoms with Crippen LogP contribution in [-0.2, 0) is 17.8 Å². The van der Waals surface area contributed by atoms with Crippen molar-refractivity contribution in [3.05, 3.63) is 58.9 Å². The fourth-order valence-electron chi connectivity index (χ4n) is 3.87. The van der Waals surface area contributed by atoms with Crippen LogP contribution in [0.4, 0.5) is 0 Å². The lowest BCUT2D eigenvalue weighted by atomic mass is 10.1. The number of thioether (sulfide) groups is 1. The third-order valence-corrected chi connectivity index (χ3v) is 6.49. The third-order valence-electron chi connectivity index (χ3n) is 5.42. The summed E-state index contributed by atoms with van der Waals surface area (Å²) < 4.78 is 8.22. The lowest BCUT2D eigenvalue weighted by Crippen LogP contribution is -2.28. The second-order valence-corrected chi connectivity index (χ2v) is 8.42. The molecule has 0 bridgehead atoms. The molecule has 0 unspecified atom stereocenters. The molecule has 2 aromatic rings. The molecule has 28 heavy (non-hydrogen) atoms. The van der Waals surface area contributed by atoms with E-state index >= 15 is 0 Å². The number of nitrogens with zero attached hydrogens (tertiary/aromatic N) is 4. The number of aryl methyl sites for hydroxylation is 1. The summed E-state index contributed by atoms with van der Waals surface area (Å²) >= 11 is 1.76. The van der Waals surface area contributed by atoms with Crippen LogP contribution < -0.4 is 0 Å². The van der Waals surface area contributed by atoms with Crippen LogP contribution in [-0.4, -0.2) is 46.0 Å². The van der Waals surface area contributed by atoms with Gasteiger partial charge in [-0.25, -0.2) is 5.01 Å². The Morgan fingerprint density at radius 3 is 2.79 bits per heavy atom. The largest absolute Gasteiger partial charge is 0.376 e. The molecule has 0 N–H and O–H groups in total. The Hall–Kier alpha value is -2.05. The number of hydrogen-bond acceptors (Lipinski definition) is 4. The molecule has 0 saturated carbocycles. The topological polar surface area (TPSA) is 42.1 Å². The first kappa shape index (κ1) is 19.3. The van der Waals surface area contributed by atoms with Gasteiger partial charge in [-0.15, -0.1) is 0 Å². The molecule has 2 aliphatic heterocycles. The normalized spacial score (nSPS) is 21.4. The van der Waals surface area contributed by atoms with E-state index in [1.807, 2.05) is 18.1 Å². The highest BCUT2D eigenvalue weighted by atomic mass is 32.2. The molecule has 6 heteroatoms. The molecule has 1 aromatic heterocycles. The Labute approximate surface area is 171 Å². The predicted molar refractivity (Wildman–Crippen MR) is 117 cm³/mol. The molecule has 148 valence electrons. The lowest BCUT2D eigenvalue weighted by molar-refractivity contribution is 0.0962. The number of hydrogen-bond donors (Lipinski definition) is 0. The quantitative estimate of drug-likeness (QED) is 0.760. The number of amidine groups is 1. The molecule has 0 spiro atoms. The Bertz CT molecular complexity index is 881. The summed E-state index contributed by atoms with van der Waals surface area (Å²) in [4.78, 5) is 4.75. The van der Waals surface area contributed by atoms with Gasteiger partial charge in [-0.3, -0.25) is 4.99 Å². The van der Waals surface area contributed by atoms with E-state index in [0.29, 0.717) is 12.6 Å². The van der Waals surface area contributed by atoms with Gasteiger partial charge in [-0.2, -0.15) is 5.10 Å². The Balaban J connectivity index is 1.49. The minimum atomic E-state index is 0.347. The van der Waals surface area contributed by atoms with Crippen molar-refractivity contribution in [2.45, 2.75) is 45.9 Å². The summed E-state index contributed by atoms with van der Waals surface area (Å²) in [7, 11) is 1.99. The number of aliphatic imine (C=N–C) groups is 1. The second-order valence-electron chi connectivity index (χ2n) is 7.47. The van der Waals surface area contributed by atoms with Crippen molar-refractivity contribution < 1.29 is 4.74 Å². The van der Waals surface area contributed by atoms with Gasteiger partial charge in [-0.1, -0.05) is 42.1 Å². The first-order valence-electron chi connectivity index (χ1n) is 9.93. The molecule has 1 aromatic carbocycles. The number of benzene rings is 1. The monoisotopic (exact) mass is 396 g/mol. The maximum absolute atomic E-state index is 5.84. The van der Waals surface area contributed by atoms with Gasteiger partial charge in [0.1, 0.15) is 0 Å². The van der Waals surface area contributed by atoms with Crippen molar-refractivity contribution >= 4 is 22.6 Å². The highest BCUT2D eigenvalue weighted by Gasteiger charge is 2.23. The molecule has 5 nitrogen and oxygen atoms in total. The predicted octanol–water partition coefficient (Wildman–Crippen LogP) is 4.22. The Morgan fingerprint density at radius 1 is 1.25 bits per heavy atom. The minimum absolute atomic E-state index is 0.347. The zero-order chi connectivity index (χ0) is 19.5. The van der Waals surface area contributed by atoms with E-state index in [0.717, 1.165) is 36.2 Å². The highest BCUT2D eigenvalue weighted by Crippen LogP contribution is 2.25. The van der Waals surface area contributed by atoms with Crippen LogP contribution in [0.3, 0.4) is 0 Å². The molecule has 4 rings (SSSR count). The summed E-state index contributed by atoms with van der Waals surface area (Å²) in [5.74, 6) is 0.849. The molecule has 1 saturated heterocycles. The van der Waals surface area contributed by atoms with Crippen LogP contribution in [0.1, 0.15) is 35.4 Å². The van der Waals surface area contributed by atoms with Crippen LogP contribution in [0.2, 0.25) is 0 Å². The second kappa shape index (κ2) is 8.53. The standard InChI is InChI=1S/C22H28N4OS/c1-16-12-20(17(2)26(16)14-19-10-7-11-27-19)21-15-28-22(25(3)24-21)23-13-18-8-5-4-6-9-18/h4-6,8-9,12,19H,7,10-11,13-15H2,1-3H3/t19-/m1/s1. The fraction of sp³-hybridized carbons (Fsp3) is 0.455. The van der Waals surface area contributed by atoms with Crippen LogP contribution in [0.15, 0.2) is 46.5 Å². The van der Waals surface area contributed by atoms with Crippen molar-refractivity contribution in [3.63, 3.8) is 0 Å². The van der Waals surface area contributed by atoms with E-state index in [1.165, 1.54) is 28.9 Å². The summed E-state index contributed by atoms with van der Waals surface area (Å²) in [6.45, 7) is 6.91. The maximum atomic E-state index is 5.84. The van der Waals surface area contributed by atoms with E-state index < -0.39 is 0 Å². The van der Waals surface area contributed by atoms with Crippen molar-refractivity contribution in [3.8, 4) is 0 Å². The number of aromatic nitrogens is 1. The molecular weight excluding hydrogens is 368 g/mol. The Morgan fingerprint density at radius 2 is 2.07 bits per heavy atom. The average Bonchev–Trinajstić information content (AvgIpc) is 3.32. The van der Waals surface area contributed by atoms with Gasteiger partial charge in [0, 0.05) is 42.9 Å². The molecule has 1 atom stereocenters. The minimum Gasteiger partial charge on any atom is -0.376 e. The van der Waals surface area contributed by atoms with Crippen molar-refractivity contribution in [2.24, 2.45) is 10.1 Å². The lowest BCUT2D eigenvalue weighted by Gasteiger charge is -2.23. The summed E-state index contributed by atoms with van der Waals surface area (Å²) in [6, 6.07) is 12.6. The van der Waals surface area contributed by atoms with E-state index in [-0.39, 0.29) is 0 Å². The van der Waals surface area contributed by atoms with E-state index in [4.69, 9.17) is 14.8 Å². The van der Waals surface area contributed by atoms with Crippen LogP contribution >= 0.6 is 11.8 Å².